The Hall–Kier alpha value is -3.45. The fourth-order valence-electron chi connectivity index (χ4n) is 3.45. The van der Waals surface area contributed by atoms with Crippen molar-refractivity contribution >= 4 is 22.8 Å². The maximum Gasteiger partial charge on any atom is 0.242 e. The molecule has 3 rings (SSSR count). The Kier molecular flexibility index (Phi) is 7.78. The van der Waals surface area contributed by atoms with Gasteiger partial charge < -0.3 is 19.0 Å². The van der Waals surface area contributed by atoms with E-state index in [0.29, 0.717) is 36.2 Å². The molecule has 1 heterocycles. The highest BCUT2D eigenvalue weighted by Gasteiger charge is 2.21. The van der Waals surface area contributed by atoms with Crippen molar-refractivity contribution in [2.45, 2.75) is 26.9 Å². The van der Waals surface area contributed by atoms with Crippen molar-refractivity contribution in [1.29, 1.82) is 0 Å². The second kappa shape index (κ2) is 10.7. The largest absolute Gasteiger partial charge is 0.464 e. The number of amides is 2. The van der Waals surface area contributed by atoms with Gasteiger partial charge in [-0.3, -0.25) is 14.4 Å². The van der Waals surface area contributed by atoms with Crippen LogP contribution in [0.15, 0.2) is 64.0 Å². The Morgan fingerprint density at radius 2 is 1.78 bits per heavy atom. The van der Waals surface area contributed by atoms with Gasteiger partial charge in [-0.2, -0.15) is 0 Å². The summed E-state index contributed by atoms with van der Waals surface area (Å²) < 4.78 is 10.7. The van der Waals surface area contributed by atoms with Crippen LogP contribution in [0.25, 0.3) is 11.0 Å². The van der Waals surface area contributed by atoms with Crippen LogP contribution in [0.4, 0.5) is 0 Å². The average molecular weight is 437 g/mol. The maximum absolute atomic E-state index is 13.2. The zero-order chi connectivity index (χ0) is 23.1. The molecule has 0 spiro atoms. The first kappa shape index (κ1) is 23.2. The smallest absolute Gasteiger partial charge is 0.242 e. The van der Waals surface area contributed by atoms with Crippen molar-refractivity contribution in [2.24, 2.45) is 0 Å². The van der Waals surface area contributed by atoms with E-state index in [2.05, 4.69) is 0 Å². The second-order valence-electron chi connectivity index (χ2n) is 7.76. The van der Waals surface area contributed by atoms with Crippen LogP contribution in [0.3, 0.4) is 0 Å². The van der Waals surface area contributed by atoms with E-state index < -0.39 is 0 Å². The van der Waals surface area contributed by atoms with E-state index in [9.17, 15) is 14.4 Å². The summed E-state index contributed by atoms with van der Waals surface area (Å²) in [5.74, 6) is -0.473. The van der Waals surface area contributed by atoms with Gasteiger partial charge in [0.2, 0.25) is 11.8 Å². The average Bonchev–Trinajstić information content (AvgIpc) is 2.78. The Bertz CT molecular complexity index is 1140. The van der Waals surface area contributed by atoms with Crippen LogP contribution in [0.1, 0.15) is 23.6 Å². The number of ether oxygens (including phenoxy) is 1. The van der Waals surface area contributed by atoms with E-state index >= 15 is 0 Å². The Morgan fingerprint density at radius 1 is 1.03 bits per heavy atom. The number of benzene rings is 2. The number of hydrogen-bond acceptors (Lipinski definition) is 5. The molecule has 0 atom stereocenters. The molecule has 0 aliphatic carbocycles. The molecule has 0 radical (unpaired) electrons. The SMILES string of the molecule is COCCN(CC(=O)N(Cc1ccccc1)Cc1coc2ccc(C)cc2c1=O)C(C)=O. The van der Waals surface area contributed by atoms with Crippen LogP contribution >= 0.6 is 0 Å². The molecule has 0 saturated carbocycles. The number of hydrogen-bond donors (Lipinski definition) is 0. The normalized spacial score (nSPS) is 10.8. The minimum atomic E-state index is -0.260. The molecular weight excluding hydrogens is 408 g/mol. The highest BCUT2D eigenvalue weighted by molar-refractivity contribution is 5.84. The fourth-order valence-corrected chi connectivity index (χ4v) is 3.45. The van der Waals surface area contributed by atoms with Gasteiger partial charge in [0, 0.05) is 27.1 Å². The highest BCUT2D eigenvalue weighted by Crippen LogP contribution is 2.16. The van der Waals surface area contributed by atoms with Gasteiger partial charge in [-0.25, -0.2) is 0 Å². The van der Waals surface area contributed by atoms with E-state index in [1.807, 2.05) is 43.3 Å². The number of nitrogens with zero attached hydrogens (tertiary/aromatic N) is 2. The molecule has 3 aromatic rings. The second-order valence-corrected chi connectivity index (χ2v) is 7.76. The van der Waals surface area contributed by atoms with Crippen LogP contribution in [0, 0.1) is 6.92 Å². The predicted molar refractivity (Wildman–Crippen MR) is 122 cm³/mol. The number of aryl methyl sites for hydroxylation is 1. The summed E-state index contributed by atoms with van der Waals surface area (Å²) in [6.07, 6.45) is 1.42. The van der Waals surface area contributed by atoms with Crippen LogP contribution in [0.5, 0.6) is 0 Å². The van der Waals surface area contributed by atoms with Gasteiger partial charge in [-0.05, 0) is 24.6 Å². The van der Waals surface area contributed by atoms with Gasteiger partial charge >= 0.3 is 0 Å². The molecule has 2 aromatic carbocycles. The zero-order valence-electron chi connectivity index (χ0n) is 18.7. The third kappa shape index (κ3) is 5.82. The van der Waals surface area contributed by atoms with E-state index in [4.69, 9.17) is 9.15 Å². The number of carbonyl (C=O) groups is 2. The molecule has 0 saturated heterocycles. The standard InChI is InChI=1S/C25H28N2O5/c1-18-9-10-23-22(13-18)25(30)21(17-32-23)15-27(14-20-7-5-4-6-8-20)24(29)16-26(19(2)28)11-12-31-3/h4-10,13,17H,11-12,14-16H2,1-3H3. The highest BCUT2D eigenvalue weighted by atomic mass is 16.5. The van der Waals surface area contributed by atoms with Gasteiger partial charge in [-0.15, -0.1) is 0 Å². The van der Waals surface area contributed by atoms with Crippen molar-refractivity contribution in [3.05, 3.63) is 81.7 Å². The summed E-state index contributed by atoms with van der Waals surface area (Å²) >= 11 is 0. The van der Waals surface area contributed by atoms with Gasteiger partial charge in [0.05, 0.1) is 36.9 Å². The molecule has 7 heteroatoms. The minimum Gasteiger partial charge on any atom is -0.464 e. The van der Waals surface area contributed by atoms with Crippen molar-refractivity contribution in [2.75, 3.05) is 26.8 Å². The molecule has 0 bridgehead atoms. The summed E-state index contributed by atoms with van der Waals surface area (Å²) in [6, 6.07) is 15.0. The maximum atomic E-state index is 13.2. The third-order valence-corrected chi connectivity index (χ3v) is 5.27. The number of rotatable bonds is 9. The lowest BCUT2D eigenvalue weighted by Crippen LogP contribution is -2.43. The quantitative estimate of drug-likeness (QED) is 0.515. The summed E-state index contributed by atoms with van der Waals surface area (Å²) in [6.45, 7) is 4.27. The van der Waals surface area contributed by atoms with Crippen LogP contribution < -0.4 is 5.43 Å². The topological polar surface area (TPSA) is 80.1 Å². The summed E-state index contributed by atoms with van der Waals surface area (Å²) in [7, 11) is 1.54. The zero-order valence-corrected chi connectivity index (χ0v) is 18.7. The van der Waals surface area contributed by atoms with Gasteiger partial charge in [0.1, 0.15) is 5.58 Å². The molecule has 32 heavy (non-hydrogen) atoms. The van der Waals surface area contributed by atoms with Crippen molar-refractivity contribution in [1.82, 2.24) is 9.80 Å². The van der Waals surface area contributed by atoms with Gasteiger partial charge in [-0.1, -0.05) is 42.0 Å². The Morgan fingerprint density at radius 3 is 2.47 bits per heavy atom. The van der Waals surface area contributed by atoms with Crippen molar-refractivity contribution < 1.29 is 18.7 Å². The van der Waals surface area contributed by atoms with Crippen LogP contribution in [-0.4, -0.2) is 48.4 Å². The molecule has 0 N–H and O–H groups in total. The molecule has 168 valence electrons. The molecule has 0 fully saturated rings. The first-order valence-electron chi connectivity index (χ1n) is 10.5. The molecule has 0 unspecified atom stereocenters. The monoisotopic (exact) mass is 436 g/mol. The lowest BCUT2D eigenvalue weighted by atomic mass is 10.1. The molecule has 2 amide bonds. The Balaban J connectivity index is 1.90. The molecule has 0 aliphatic heterocycles. The summed E-state index contributed by atoms with van der Waals surface area (Å²) in [5, 5.41) is 0.486. The number of methoxy groups -OCH3 is 1. The third-order valence-electron chi connectivity index (χ3n) is 5.27. The lowest BCUT2D eigenvalue weighted by molar-refractivity contribution is -0.140. The number of carbonyl (C=O) groups excluding carboxylic acids is 2. The van der Waals surface area contributed by atoms with Crippen molar-refractivity contribution in [3.8, 4) is 0 Å². The van der Waals surface area contributed by atoms with E-state index in [-0.39, 0.29) is 30.3 Å². The number of fused-ring (bicyclic) bond motifs is 1. The first-order chi connectivity index (χ1) is 15.4. The predicted octanol–water partition coefficient (Wildman–Crippen LogP) is 3.13. The minimum absolute atomic E-state index is 0.0793. The Labute approximate surface area is 187 Å². The fraction of sp³-hybridized carbons (Fsp3) is 0.320. The van der Waals surface area contributed by atoms with Crippen molar-refractivity contribution in [3.63, 3.8) is 0 Å². The molecule has 0 aliphatic rings. The molecule has 1 aromatic heterocycles. The molecular formula is C25H28N2O5. The van der Waals surface area contributed by atoms with Crippen LogP contribution in [-0.2, 0) is 27.4 Å². The van der Waals surface area contributed by atoms with Crippen LogP contribution in [0.2, 0.25) is 0 Å². The van der Waals surface area contributed by atoms with E-state index in [1.165, 1.54) is 18.1 Å². The van der Waals surface area contributed by atoms with E-state index in [0.717, 1.165) is 11.1 Å². The lowest BCUT2D eigenvalue weighted by Gasteiger charge is -2.27. The first-order valence-corrected chi connectivity index (χ1v) is 10.5. The van der Waals surface area contributed by atoms with Gasteiger partial charge in [0.25, 0.3) is 0 Å². The summed E-state index contributed by atoms with van der Waals surface area (Å²) in [5.41, 5.74) is 2.61. The van der Waals surface area contributed by atoms with Gasteiger partial charge in [0.15, 0.2) is 5.43 Å². The summed E-state index contributed by atoms with van der Waals surface area (Å²) in [4.78, 5) is 41.3. The molecule has 7 nitrogen and oxygen atoms in total. The van der Waals surface area contributed by atoms with E-state index in [1.54, 1.807) is 24.1 Å².